The van der Waals surface area contributed by atoms with Gasteiger partial charge in [0.2, 0.25) is 6.79 Å². The molecule has 0 fully saturated rings. The topological polar surface area (TPSA) is 70.0 Å². The summed E-state index contributed by atoms with van der Waals surface area (Å²) in [7, 11) is 1.58. The van der Waals surface area contributed by atoms with Crippen molar-refractivity contribution in [2.24, 2.45) is 0 Å². The van der Waals surface area contributed by atoms with Crippen LogP contribution in [0.3, 0.4) is 0 Å². The van der Waals surface area contributed by atoms with Crippen molar-refractivity contribution in [3.8, 4) is 17.2 Å². The van der Waals surface area contributed by atoms with E-state index >= 15 is 0 Å². The minimum absolute atomic E-state index is 0.163. The van der Waals surface area contributed by atoms with E-state index in [9.17, 15) is 9.59 Å². The van der Waals surface area contributed by atoms with Crippen molar-refractivity contribution in [2.75, 3.05) is 33.6 Å². The summed E-state index contributed by atoms with van der Waals surface area (Å²) >= 11 is 0. The average molecular weight is 358 g/mol. The predicted octanol–water partition coefficient (Wildman–Crippen LogP) is 1.98. The van der Waals surface area contributed by atoms with Gasteiger partial charge in [-0.15, -0.1) is 0 Å². The van der Waals surface area contributed by atoms with Crippen LogP contribution in [0, 0.1) is 6.92 Å². The zero-order valence-electron chi connectivity index (χ0n) is 15.2. The molecular weight excluding hydrogens is 336 g/mol. The van der Waals surface area contributed by atoms with E-state index in [1.807, 2.05) is 6.92 Å². The Bertz CT molecular complexity index is 875. The Labute approximate surface area is 151 Å². The van der Waals surface area contributed by atoms with Crippen molar-refractivity contribution in [3.63, 3.8) is 0 Å². The summed E-state index contributed by atoms with van der Waals surface area (Å²) in [5.41, 5.74) is 1.08. The van der Waals surface area contributed by atoms with Gasteiger partial charge in [-0.25, -0.2) is 0 Å². The quantitative estimate of drug-likeness (QED) is 0.790. The third-order valence-corrected chi connectivity index (χ3v) is 4.38. The first kappa shape index (κ1) is 18.0. The molecule has 3 rings (SSSR count). The lowest BCUT2D eigenvalue weighted by molar-refractivity contribution is 0.0703. The molecule has 1 aromatic carbocycles. The molecule has 2 heterocycles. The number of methoxy groups -OCH3 is 1. The zero-order valence-corrected chi connectivity index (χ0v) is 15.2. The maximum absolute atomic E-state index is 13.0. The van der Waals surface area contributed by atoms with E-state index in [2.05, 4.69) is 0 Å². The molecule has 0 radical (unpaired) electrons. The minimum Gasteiger partial charge on any atom is -0.454 e. The first-order chi connectivity index (χ1) is 12.6. The number of hydrogen-bond acceptors (Lipinski definition) is 5. The fourth-order valence-corrected chi connectivity index (χ4v) is 2.89. The number of rotatable bonds is 6. The van der Waals surface area contributed by atoms with Crippen LogP contribution in [0.5, 0.6) is 11.5 Å². The molecule has 1 amide bonds. The van der Waals surface area contributed by atoms with Crippen LogP contribution in [-0.4, -0.2) is 49.0 Å². The molecule has 1 aromatic heterocycles. The zero-order chi connectivity index (χ0) is 18.7. The molecule has 0 aliphatic carbocycles. The lowest BCUT2D eigenvalue weighted by Crippen LogP contribution is -2.38. The smallest absolute Gasteiger partial charge is 0.268 e. The van der Waals surface area contributed by atoms with Crippen LogP contribution in [0.15, 0.2) is 35.3 Å². The summed E-state index contributed by atoms with van der Waals surface area (Å²) in [5.74, 6) is 0.933. The molecule has 2 aromatic rings. The van der Waals surface area contributed by atoms with Gasteiger partial charge >= 0.3 is 0 Å². The highest BCUT2D eigenvalue weighted by atomic mass is 16.7. The van der Waals surface area contributed by atoms with Crippen LogP contribution in [0.2, 0.25) is 0 Å². The summed E-state index contributed by atoms with van der Waals surface area (Å²) in [5, 5.41) is 0. The molecule has 26 heavy (non-hydrogen) atoms. The van der Waals surface area contributed by atoms with Gasteiger partial charge in [0.1, 0.15) is 5.56 Å². The third-order valence-electron chi connectivity index (χ3n) is 4.38. The van der Waals surface area contributed by atoms with Gasteiger partial charge in [0.25, 0.3) is 11.5 Å². The molecule has 138 valence electrons. The highest BCUT2D eigenvalue weighted by Crippen LogP contribution is 2.33. The van der Waals surface area contributed by atoms with Crippen LogP contribution >= 0.6 is 0 Å². The molecule has 1 aliphatic heterocycles. The number of nitrogens with zero attached hydrogens (tertiary/aromatic N) is 2. The van der Waals surface area contributed by atoms with E-state index in [1.54, 1.807) is 49.4 Å². The number of carbonyl (C=O) groups excluding carboxylic acids is 1. The number of ether oxygens (including phenoxy) is 3. The first-order valence-corrected chi connectivity index (χ1v) is 8.47. The van der Waals surface area contributed by atoms with Crippen molar-refractivity contribution < 1.29 is 19.0 Å². The van der Waals surface area contributed by atoms with Crippen molar-refractivity contribution in [1.82, 2.24) is 9.47 Å². The molecule has 0 spiro atoms. The van der Waals surface area contributed by atoms with Crippen molar-refractivity contribution >= 4 is 5.91 Å². The Kier molecular flexibility index (Phi) is 5.27. The van der Waals surface area contributed by atoms with E-state index in [1.165, 1.54) is 4.57 Å². The monoisotopic (exact) mass is 358 g/mol. The molecular formula is C19H22N2O5. The molecule has 0 N–H and O–H groups in total. The van der Waals surface area contributed by atoms with Crippen LogP contribution in [0.4, 0.5) is 0 Å². The Morgan fingerprint density at radius 2 is 2.04 bits per heavy atom. The van der Waals surface area contributed by atoms with Gasteiger partial charge in [-0.05, 0) is 37.6 Å². The SMILES string of the molecule is CCN(CCOC)C(=O)c1c(C)ccn(-c2ccc3c(c2)OCO3)c1=O. The standard InChI is InChI=1S/C19H22N2O5/c1-4-20(9-10-24-3)18(22)17-13(2)7-8-21(19(17)23)14-5-6-15-16(11-14)26-12-25-15/h5-8,11H,4,9-10,12H2,1-3H3. The Balaban J connectivity index is 2.01. The summed E-state index contributed by atoms with van der Waals surface area (Å²) < 4.78 is 17.2. The number of pyridine rings is 1. The number of fused-ring (bicyclic) bond motifs is 1. The Morgan fingerprint density at radius 3 is 2.77 bits per heavy atom. The van der Waals surface area contributed by atoms with Gasteiger partial charge < -0.3 is 19.1 Å². The highest BCUT2D eigenvalue weighted by molar-refractivity contribution is 5.95. The summed E-state index contributed by atoms with van der Waals surface area (Å²) in [6, 6.07) is 7.02. The normalized spacial score (nSPS) is 12.3. The van der Waals surface area contributed by atoms with E-state index in [0.29, 0.717) is 42.4 Å². The van der Waals surface area contributed by atoms with Gasteiger partial charge in [0.05, 0.1) is 12.3 Å². The van der Waals surface area contributed by atoms with Crippen molar-refractivity contribution in [2.45, 2.75) is 13.8 Å². The van der Waals surface area contributed by atoms with E-state index < -0.39 is 0 Å². The van der Waals surface area contributed by atoms with Gasteiger partial charge in [0.15, 0.2) is 11.5 Å². The third kappa shape index (κ3) is 3.30. The number of aryl methyl sites for hydroxylation is 1. The average Bonchev–Trinajstić information content (AvgIpc) is 3.10. The van der Waals surface area contributed by atoms with Crippen LogP contribution in [-0.2, 0) is 4.74 Å². The van der Waals surface area contributed by atoms with Crippen molar-refractivity contribution in [3.05, 3.63) is 51.9 Å². The van der Waals surface area contributed by atoms with E-state index in [4.69, 9.17) is 14.2 Å². The second-order valence-electron chi connectivity index (χ2n) is 5.96. The van der Waals surface area contributed by atoms with E-state index in [0.717, 1.165) is 0 Å². The second kappa shape index (κ2) is 7.61. The van der Waals surface area contributed by atoms with Crippen LogP contribution < -0.4 is 15.0 Å². The predicted molar refractivity (Wildman–Crippen MR) is 96.4 cm³/mol. The number of aromatic nitrogens is 1. The van der Waals surface area contributed by atoms with Gasteiger partial charge in [-0.1, -0.05) is 0 Å². The fourth-order valence-electron chi connectivity index (χ4n) is 2.89. The van der Waals surface area contributed by atoms with Crippen LogP contribution in [0.1, 0.15) is 22.8 Å². The van der Waals surface area contributed by atoms with E-state index in [-0.39, 0.29) is 23.8 Å². The number of amides is 1. The molecule has 0 bridgehead atoms. The van der Waals surface area contributed by atoms with Crippen molar-refractivity contribution in [1.29, 1.82) is 0 Å². The number of carbonyl (C=O) groups is 1. The Hall–Kier alpha value is -2.80. The summed E-state index contributed by atoms with van der Waals surface area (Å²) in [4.78, 5) is 27.6. The summed E-state index contributed by atoms with van der Waals surface area (Å²) in [6.45, 7) is 5.16. The van der Waals surface area contributed by atoms with Crippen LogP contribution in [0.25, 0.3) is 5.69 Å². The molecule has 1 aliphatic rings. The summed E-state index contributed by atoms with van der Waals surface area (Å²) in [6.07, 6.45) is 1.66. The number of likely N-dealkylation sites (N-methyl/N-ethyl adjacent to an activating group) is 1. The lowest BCUT2D eigenvalue weighted by Gasteiger charge is -2.21. The number of hydrogen-bond donors (Lipinski definition) is 0. The van der Waals surface area contributed by atoms with Gasteiger partial charge in [-0.2, -0.15) is 0 Å². The first-order valence-electron chi connectivity index (χ1n) is 8.47. The molecule has 0 unspecified atom stereocenters. The maximum Gasteiger partial charge on any atom is 0.268 e. The molecule has 0 saturated heterocycles. The van der Waals surface area contributed by atoms with Gasteiger partial charge in [-0.3, -0.25) is 14.2 Å². The highest BCUT2D eigenvalue weighted by Gasteiger charge is 2.22. The molecule has 0 saturated carbocycles. The van der Waals surface area contributed by atoms with Gasteiger partial charge in [0, 0.05) is 32.5 Å². The maximum atomic E-state index is 13.0. The Morgan fingerprint density at radius 1 is 1.27 bits per heavy atom. The second-order valence-corrected chi connectivity index (χ2v) is 5.96. The lowest BCUT2D eigenvalue weighted by atomic mass is 10.1. The number of benzene rings is 1. The molecule has 7 heteroatoms. The minimum atomic E-state index is -0.357. The largest absolute Gasteiger partial charge is 0.454 e. The molecule has 0 atom stereocenters. The fraction of sp³-hybridized carbons (Fsp3) is 0.368. The molecule has 7 nitrogen and oxygen atoms in total.